The Morgan fingerprint density at radius 2 is 2.17 bits per heavy atom. The lowest BCUT2D eigenvalue weighted by Gasteiger charge is -2.07. The third-order valence-corrected chi connectivity index (χ3v) is 3.79. The molecule has 1 N–H and O–H groups in total. The smallest absolute Gasteiger partial charge is 0.273 e. The molecule has 0 saturated carbocycles. The van der Waals surface area contributed by atoms with Gasteiger partial charge in [-0.2, -0.15) is 0 Å². The van der Waals surface area contributed by atoms with Crippen LogP contribution in [-0.2, 0) is 22.7 Å². The minimum absolute atomic E-state index is 0.189. The Labute approximate surface area is 138 Å². The van der Waals surface area contributed by atoms with Gasteiger partial charge >= 0.3 is 0 Å². The molecule has 1 saturated heterocycles. The van der Waals surface area contributed by atoms with E-state index >= 15 is 0 Å². The molecule has 6 nitrogen and oxygen atoms in total. The van der Waals surface area contributed by atoms with Gasteiger partial charge in [0.15, 0.2) is 11.5 Å². The second kappa shape index (κ2) is 8.03. The number of hydrogen-bond donors (Lipinski definition) is 1. The van der Waals surface area contributed by atoms with E-state index in [0.717, 1.165) is 18.6 Å². The summed E-state index contributed by atoms with van der Waals surface area (Å²) in [5, 5.41) is 6.57. The zero-order valence-corrected chi connectivity index (χ0v) is 13.2. The number of ether oxygens (including phenoxy) is 2. The van der Waals surface area contributed by atoms with Crippen LogP contribution in [0.3, 0.4) is 0 Å². The highest BCUT2D eigenvalue weighted by Crippen LogP contribution is 2.12. The fourth-order valence-corrected chi connectivity index (χ4v) is 2.41. The van der Waals surface area contributed by atoms with Gasteiger partial charge in [0.25, 0.3) is 5.91 Å². The number of nitrogens with zero attached hydrogens (tertiary/aromatic N) is 1. The third kappa shape index (κ3) is 4.62. The first-order valence-corrected chi connectivity index (χ1v) is 7.84. The third-order valence-electron chi connectivity index (χ3n) is 3.79. The summed E-state index contributed by atoms with van der Waals surface area (Å²) >= 11 is 0. The minimum Gasteiger partial charge on any atom is -0.381 e. The molecule has 1 aromatic carbocycles. The van der Waals surface area contributed by atoms with E-state index in [1.807, 2.05) is 0 Å². The molecule has 1 unspecified atom stereocenters. The highest BCUT2D eigenvalue weighted by atomic mass is 19.1. The fourth-order valence-electron chi connectivity index (χ4n) is 2.41. The van der Waals surface area contributed by atoms with Crippen LogP contribution in [0.2, 0.25) is 0 Å². The van der Waals surface area contributed by atoms with Gasteiger partial charge in [0.05, 0.1) is 13.2 Å². The van der Waals surface area contributed by atoms with Crippen LogP contribution in [0.25, 0.3) is 0 Å². The van der Waals surface area contributed by atoms with Crippen molar-refractivity contribution in [2.45, 2.75) is 19.6 Å². The molecule has 128 valence electrons. The summed E-state index contributed by atoms with van der Waals surface area (Å²) in [6.07, 6.45) is 0.960. The summed E-state index contributed by atoms with van der Waals surface area (Å²) in [5.41, 5.74) is 1.09. The van der Waals surface area contributed by atoms with E-state index in [0.29, 0.717) is 31.4 Å². The van der Waals surface area contributed by atoms with Crippen molar-refractivity contribution < 1.29 is 23.2 Å². The van der Waals surface area contributed by atoms with Crippen LogP contribution < -0.4 is 5.32 Å². The topological polar surface area (TPSA) is 73.6 Å². The standard InChI is InChI=1S/C17H19FN2O4/c18-14-3-1-12(2-4-14)9-23-11-15-7-16(20-24-15)17(21)19-8-13-5-6-22-10-13/h1-4,7,13H,5-6,8-11H2,(H,19,21). The van der Waals surface area contributed by atoms with Crippen molar-refractivity contribution in [3.05, 3.63) is 53.2 Å². The van der Waals surface area contributed by atoms with Gasteiger partial charge in [0, 0.05) is 25.1 Å². The molecular weight excluding hydrogens is 315 g/mol. The zero-order valence-electron chi connectivity index (χ0n) is 13.2. The quantitative estimate of drug-likeness (QED) is 0.841. The number of halogens is 1. The Bertz CT molecular complexity index is 665. The van der Waals surface area contributed by atoms with Crippen molar-refractivity contribution in [3.63, 3.8) is 0 Å². The van der Waals surface area contributed by atoms with Crippen LogP contribution in [0, 0.1) is 11.7 Å². The predicted octanol–water partition coefficient (Wildman–Crippen LogP) is 2.30. The number of benzene rings is 1. The number of nitrogens with one attached hydrogen (secondary N) is 1. The Morgan fingerprint density at radius 3 is 2.92 bits per heavy atom. The molecule has 0 bridgehead atoms. The molecule has 1 aromatic heterocycles. The van der Waals surface area contributed by atoms with Crippen LogP contribution in [0.1, 0.15) is 28.2 Å². The Hall–Kier alpha value is -2.25. The Balaban J connectivity index is 1.42. The van der Waals surface area contributed by atoms with Gasteiger partial charge in [-0.1, -0.05) is 17.3 Å². The first-order chi connectivity index (χ1) is 11.7. The van der Waals surface area contributed by atoms with E-state index in [-0.39, 0.29) is 24.0 Å². The van der Waals surface area contributed by atoms with Crippen LogP contribution in [0.5, 0.6) is 0 Å². The summed E-state index contributed by atoms with van der Waals surface area (Å²) in [6, 6.07) is 7.63. The lowest BCUT2D eigenvalue weighted by Crippen LogP contribution is -2.29. The first kappa shape index (κ1) is 16.6. The van der Waals surface area contributed by atoms with Gasteiger partial charge in [0.1, 0.15) is 12.4 Å². The normalized spacial score (nSPS) is 17.1. The molecule has 1 aliphatic rings. The van der Waals surface area contributed by atoms with Crippen LogP contribution in [0.15, 0.2) is 34.9 Å². The van der Waals surface area contributed by atoms with Crippen LogP contribution in [0.4, 0.5) is 4.39 Å². The van der Waals surface area contributed by atoms with Crippen molar-refractivity contribution in [2.75, 3.05) is 19.8 Å². The zero-order chi connectivity index (χ0) is 16.8. The second-order valence-electron chi connectivity index (χ2n) is 5.74. The lowest BCUT2D eigenvalue weighted by molar-refractivity contribution is 0.0876. The molecule has 24 heavy (non-hydrogen) atoms. The van der Waals surface area contributed by atoms with E-state index in [1.54, 1.807) is 18.2 Å². The molecule has 7 heteroatoms. The average Bonchev–Trinajstić information content (AvgIpc) is 3.26. The van der Waals surface area contributed by atoms with Crippen molar-refractivity contribution in [2.24, 2.45) is 5.92 Å². The van der Waals surface area contributed by atoms with Crippen molar-refractivity contribution in [1.82, 2.24) is 10.5 Å². The maximum absolute atomic E-state index is 12.8. The van der Waals surface area contributed by atoms with Crippen molar-refractivity contribution in [3.8, 4) is 0 Å². The number of aromatic nitrogens is 1. The minimum atomic E-state index is -0.284. The fraction of sp³-hybridized carbons (Fsp3) is 0.412. The summed E-state index contributed by atoms with van der Waals surface area (Å²) in [7, 11) is 0. The summed E-state index contributed by atoms with van der Waals surface area (Å²) in [6.45, 7) is 2.52. The van der Waals surface area contributed by atoms with Gasteiger partial charge in [-0.25, -0.2) is 4.39 Å². The predicted molar refractivity (Wildman–Crippen MR) is 82.7 cm³/mol. The lowest BCUT2D eigenvalue weighted by atomic mass is 10.1. The monoisotopic (exact) mass is 334 g/mol. The molecule has 0 spiro atoms. The van der Waals surface area contributed by atoms with Gasteiger partial charge in [-0.05, 0) is 24.1 Å². The van der Waals surface area contributed by atoms with Gasteiger partial charge in [-0.15, -0.1) is 0 Å². The maximum Gasteiger partial charge on any atom is 0.273 e. The van der Waals surface area contributed by atoms with E-state index < -0.39 is 0 Å². The largest absolute Gasteiger partial charge is 0.381 e. The number of carbonyl (C=O) groups is 1. The number of carbonyl (C=O) groups excluding carboxylic acids is 1. The van der Waals surface area contributed by atoms with E-state index in [9.17, 15) is 9.18 Å². The molecule has 0 radical (unpaired) electrons. The van der Waals surface area contributed by atoms with E-state index in [4.69, 9.17) is 14.0 Å². The van der Waals surface area contributed by atoms with Gasteiger partial charge in [0.2, 0.25) is 0 Å². The molecule has 2 aromatic rings. The molecular formula is C17H19FN2O4. The summed E-state index contributed by atoms with van der Waals surface area (Å²) in [5.74, 6) is 0.273. The van der Waals surface area contributed by atoms with Crippen LogP contribution >= 0.6 is 0 Å². The summed E-state index contributed by atoms with van der Waals surface area (Å²) in [4.78, 5) is 12.0. The molecule has 1 amide bonds. The average molecular weight is 334 g/mol. The molecule has 1 fully saturated rings. The first-order valence-electron chi connectivity index (χ1n) is 7.84. The molecule has 3 rings (SSSR count). The molecule has 1 atom stereocenters. The number of amides is 1. The number of hydrogen-bond acceptors (Lipinski definition) is 5. The summed E-state index contributed by atoms with van der Waals surface area (Å²) < 4.78 is 28.6. The number of rotatable bonds is 7. The molecule has 2 heterocycles. The highest BCUT2D eigenvalue weighted by molar-refractivity contribution is 5.92. The van der Waals surface area contributed by atoms with Crippen molar-refractivity contribution in [1.29, 1.82) is 0 Å². The Kier molecular flexibility index (Phi) is 5.55. The SMILES string of the molecule is O=C(NCC1CCOC1)c1cc(COCc2ccc(F)cc2)on1. The van der Waals surface area contributed by atoms with Crippen LogP contribution in [-0.4, -0.2) is 30.8 Å². The second-order valence-corrected chi connectivity index (χ2v) is 5.74. The molecule has 0 aliphatic carbocycles. The van der Waals surface area contributed by atoms with E-state index in [2.05, 4.69) is 10.5 Å². The Morgan fingerprint density at radius 1 is 1.33 bits per heavy atom. The maximum atomic E-state index is 12.8. The highest BCUT2D eigenvalue weighted by Gasteiger charge is 2.18. The van der Waals surface area contributed by atoms with Gasteiger partial charge in [-0.3, -0.25) is 4.79 Å². The van der Waals surface area contributed by atoms with E-state index in [1.165, 1.54) is 12.1 Å². The van der Waals surface area contributed by atoms with Crippen molar-refractivity contribution >= 4 is 5.91 Å². The van der Waals surface area contributed by atoms with Gasteiger partial charge < -0.3 is 19.3 Å². The molecule has 1 aliphatic heterocycles.